The van der Waals surface area contributed by atoms with E-state index >= 15 is 0 Å². The molecule has 2 aliphatic rings. The third-order valence-corrected chi connectivity index (χ3v) is 5.84. The molecule has 160 valence electrons. The summed E-state index contributed by atoms with van der Waals surface area (Å²) in [6.45, 7) is 3.73. The number of morpholine rings is 1. The van der Waals surface area contributed by atoms with Gasteiger partial charge < -0.3 is 19.3 Å². The summed E-state index contributed by atoms with van der Waals surface area (Å²) >= 11 is 0. The normalized spacial score (nSPS) is 19.6. The predicted molar refractivity (Wildman–Crippen MR) is 111 cm³/mol. The minimum Gasteiger partial charge on any atom is -0.497 e. The second kappa shape index (κ2) is 9.30. The van der Waals surface area contributed by atoms with E-state index in [1.54, 1.807) is 12.0 Å². The van der Waals surface area contributed by atoms with Gasteiger partial charge in [0.15, 0.2) is 0 Å². The fraction of sp³-hybridized carbons (Fsp3) is 0.500. The summed E-state index contributed by atoms with van der Waals surface area (Å²) in [5.41, 5.74) is 2.34. The van der Waals surface area contributed by atoms with Crippen molar-refractivity contribution >= 4 is 11.8 Å². The quantitative estimate of drug-likeness (QED) is 0.810. The van der Waals surface area contributed by atoms with Gasteiger partial charge in [0.05, 0.1) is 26.7 Å². The number of ether oxygens (including phenoxy) is 2. The first-order chi connectivity index (χ1) is 14.6. The number of benzene rings is 1. The number of hydrogen-bond acceptors (Lipinski definition) is 5. The SMILES string of the molecule is COc1ccc(CC(=O)N2CCC[C@H](c3cc(C(=O)N4CCOCC4)n[nH]3)C2)cc1. The van der Waals surface area contributed by atoms with Crippen molar-refractivity contribution in [2.24, 2.45) is 0 Å². The molecule has 30 heavy (non-hydrogen) atoms. The van der Waals surface area contributed by atoms with Gasteiger partial charge in [-0.3, -0.25) is 14.7 Å². The highest BCUT2D eigenvalue weighted by molar-refractivity contribution is 5.92. The van der Waals surface area contributed by atoms with Gasteiger partial charge in [-0.1, -0.05) is 12.1 Å². The molecule has 2 amide bonds. The number of H-pyrrole nitrogens is 1. The van der Waals surface area contributed by atoms with Crippen LogP contribution in [0.2, 0.25) is 0 Å². The van der Waals surface area contributed by atoms with Gasteiger partial charge in [0.25, 0.3) is 5.91 Å². The second-order valence-electron chi connectivity index (χ2n) is 7.82. The van der Waals surface area contributed by atoms with Crippen LogP contribution in [0.4, 0.5) is 0 Å². The van der Waals surface area contributed by atoms with E-state index in [1.807, 2.05) is 35.2 Å². The zero-order valence-corrected chi connectivity index (χ0v) is 17.3. The van der Waals surface area contributed by atoms with Gasteiger partial charge in [-0.2, -0.15) is 5.10 Å². The molecule has 0 bridgehead atoms. The van der Waals surface area contributed by atoms with Crippen LogP contribution in [0.3, 0.4) is 0 Å². The third-order valence-electron chi connectivity index (χ3n) is 5.84. The number of piperidine rings is 1. The Hall–Kier alpha value is -2.87. The molecular formula is C22H28N4O4. The van der Waals surface area contributed by atoms with Crippen molar-refractivity contribution in [1.82, 2.24) is 20.0 Å². The predicted octanol–water partition coefficient (Wildman–Crippen LogP) is 1.84. The highest BCUT2D eigenvalue weighted by Gasteiger charge is 2.28. The molecular weight excluding hydrogens is 384 g/mol. The Labute approximate surface area is 176 Å². The summed E-state index contributed by atoms with van der Waals surface area (Å²) in [6, 6.07) is 9.45. The van der Waals surface area contributed by atoms with Gasteiger partial charge in [-0.15, -0.1) is 0 Å². The van der Waals surface area contributed by atoms with Gasteiger partial charge in [-0.05, 0) is 36.6 Å². The first kappa shape index (κ1) is 20.4. The number of carbonyl (C=O) groups is 2. The van der Waals surface area contributed by atoms with Crippen molar-refractivity contribution in [2.75, 3.05) is 46.5 Å². The van der Waals surface area contributed by atoms with Crippen LogP contribution in [0.15, 0.2) is 30.3 Å². The van der Waals surface area contributed by atoms with Crippen molar-refractivity contribution in [2.45, 2.75) is 25.2 Å². The Bertz CT molecular complexity index is 874. The van der Waals surface area contributed by atoms with Crippen LogP contribution in [0.5, 0.6) is 5.75 Å². The number of nitrogens with one attached hydrogen (secondary N) is 1. The molecule has 2 fully saturated rings. The average molecular weight is 412 g/mol. The number of carbonyl (C=O) groups excluding carboxylic acids is 2. The molecule has 0 radical (unpaired) electrons. The lowest BCUT2D eigenvalue weighted by Gasteiger charge is -2.32. The molecule has 1 atom stereocenters. The highest BCUT2D eigenvalue weighted by atomic mass is 16.5. The zero-order chi connectivity index (χ0) is 20.9. The number of rotatable bonds is 5. The summed E-state index contributed by atoms with van der Waals surface area (Å²) in [5.74, 6) is 1.00. The minimum absolute atomic E-state index is 0.0657. The third kappa shape index (κ3) is 4.64. The van der Waals surface area contributed by atoms with Crippen molar-refractivity contribution in [1.29, 1.82) is 0 Å². The lowest BCUT2D eigenvalue weighted by atomic mass is 9.94. The Morgan fingerprint density at radius 2 is 1.93 bits per heavy atom. The first-order valence-electron chi connectivity index (χ1n) is 10.5. The summed E-state index contributed by atoms with van der Waals surface area (Å²) < 4.78 is 10.5. The molecule has 2 aromatic rings. The monoisotopic (exact) mass is 412 g/mol. The highest BCUT2D eigenvalue weighted by Crippen LogP contribution is 2.27. The number of aromatic amines is 1. The largest absolute Gasteiger partial charge is 0.497 e. The maximum Gasteiger partial charge on any atom is 0.274 e. The average Bonchev–Trinajstić information content (AvgIpc) is 3.30. The number of likely N-dealkylation sites (tertiary alicyclic amines) is 1. The molecule has 3 heterocycles. The number of amides is 2. The minimum atomic E-state index is -0.0657. The number of methoxy groups -OCH3 is 1. The van der Waals surface area contributed by atoms with Crippen molar-refractivity contribution in [3.8, 4) is 5.75 Å². The molecule has 8 nitrogen and oxygen atoms in total. The molecule has 0 unspecified atom stereocenters. The fourth-order valence-electron chi connectivity index (χ4n) is 4.07. The van der Waals surface area contributed by atoms with E-state index in [9.17, 15) is 9.59 Å². The Morgan fingerprint density at radius 1 is 1.17 bits per heavy atom. The Kier molecular flexibility index (Phi) is 6.32. The Balaban J connectivity index is 1.37. The Morgan fingerprint density at radius 3 is 2.67 bits per heavy atom. The van der Waals surface area contributed by atoms with Crippen LogP contribution in [0.25, 0.3) is 0 Å². The van der Waals surface area contributed by atoms with E-state index in [-0.39, 0.29) is 17.7 Å². The summed E-state index contributed by atoms with van der Waals surface area (Å²) in [6.07, 6.45) is 2.28. The summed E-state index contributed by atoms with van der Waals surface area (Å²) in [7, 11) is 1.63. The van der Waals surface area contributed by atoms with Gasteiger partial charge >= 0.3 is 0 Å². The van der Waals surface area contributed by atoms with E-state index in [2.05, 4.69) is 10.2 Å². The summed E-state index contributed by atoms with van der Waals surface area (Å²) in [4.78, 5) is 29.1. The van der Waals surface area contributed by atoms with Crippen LogP contribution in [-0.2, 0) is 16.0 Å². The number of aromatic nitrogens is 2. The standard InChI is InChI=1S/C22H28N4O4/c1-29-18-6-4-16(5-7-18)13-21(27)26-8-2-3-17(15-26)19-14-20(24-23-19)22(28)25-9-11-30-12-10-25/h4-7,14,17H,2-3,8-13,15H2,1H3,(H,23,24)/t17-/m0/s1. The lowest BCUT2D eigenvalue weighted by Crippen LogP contribution is -2.40. The van der Waals surface area contributed by atoms with Crippen molar-refractivity contribution in [3.63, 3.8) is 0 Å². The van der Waals surface area contributed by atoms with Gasteiger partial charge in [-0.25, -0.2) is 0 Å². The van der Waals surface area contributed by atoms with Crippen LogP contribution in [-0.4, -0.2) is 78.3 Å². The number of nitrogens with zero attached hydrogens (tertiary/aromatic N) is 3. The molecule has 2 aliphatic heterocycles. The van der Waals surface area contributed by atoms with Crippen LogP contribution < -0.4 is 4.74 Å². The smallest absolute Gasteiger partial charge is 0.274 e. The molecule has 8 heteroatoms. The first-order valence-corrected chi connectivity index (χ1v) is 10.5. The lowest BCUT2D eigenvalue weighted by molar-refractivity contribution is -0.131. The van der Waals surface area contributed by atoms with E-state index < -0.39 is 0 Å². The van der Waals surface area contributed by atoms with Crippen LogP contribution >= 0.6 is 0 Å². The van der Waals surface area contributed by atoms with Crippen molar-refractivity contribution < 1.29 is 19.1 Å². The molecule has 0 aliphatic carbocycles. The number of hydrogen-bond donors (Lipinski definition) is 1. The topological polar surface area (TPSA) is 87.8 Å². The maximum atomic E-state index is 12.8. The molecule has 4 rings (SSSR count). The van der Waals surface area contributed by atoms with Gasteiger partial charge in [0.1, 0.15) is 11.4 Å². The fourth-order valence-corrected chi connectivity index (χ4v) is 4.07. The maximum absolute atomic E-state index is 12.8. The van der Waals surface area contributed by atoms with E-state index in [4.69, 9.17) is 9.47 Å². The molecule has 1 N–H and O–H groups in total. The van der Waals surface area contributed by atoms with Gasteiger partial charge in [0, 0.05) is 37.8 Å². The summed E-state index contributed by atoms with van der Waals surface area (Å²) in [5, 5.41) is 7.28. The van der Waals surface area contributed by atoms with Crippen LogP contribution in [0.1, 0.15) is 40.5 Å². The molecule has 1 aromatic carbocycles. The van der Waals surface area contributed by atoms with Gasteiger partial charge in [0.2, 0.25) is 5.91 Å². The van der Waals surface area contributed by atoms with E-state index in [0.29, 0.717) is 45.0 Å². The zero-order valence-electron chi connectivity index (χ0n) is 17.3. The van der Waals surface area contributed by atoms with E-state index in [1.165, 1.54) is 0 Å². The molecule has 0 saturated carbocycles. The van der Waals surface area contributed by atoms with Crippen molar-refractivity contribution in [3.05, 3.63) is 47.3 Å². The molecule has 0 spiro atoms. The van der Waals surface area contributed by atoms with Crippen LogP contribution in [0, 0.1) is 0 Å². The van der Waals surface area contributed by atoms with E-state index in [0.717, 1.165) is 36.4 Å². The molecule has 1 aromatic heterocycles. The molecule has 2 saturated heterocycles. The second-order valence-corrected chi connectivity index (χ2v) is 7.82.